The van der Waals surface area contributed by atoms with Crippen LogP contribution in [-0.2, 0) is 11.8 Å². The molecule has 5 rings (SSSR count). The Labute approximate surface area is 164 Å². The molecule has 27 heavy (non-hydrogen) atoms. The largest absolute Gasteiger partial charge is 0.454 e. The van der Waals surface area contributed by atoms with Gasteiger partial charge in [0.25, 0.3) is 0 Å². The first-order valence-electron chi connectivity index (χ1n) is 9.45. The minimum Gasteiger partial charge on any atom is -0.454 e. The predicted octanol–water partition coefficient (Wildman–Crippen LogP) is 5.83. The van der Waals surface area contributed by atoms with Gasteiger partial charge in [-0.25, -0.2) is 0 Å². The fraction of sp³-hybridized carbons (Fsp3) is 0.250. The van der Waals surface area contributed by atoms with E-state index >= 15 is 0 Å². The highest BCUT2D eigenvalue weighted by Crippen LogP contribution is 2.52. The first kappa shape index (κ1) is 16.8. The molecule has 0 fully saturated rings. The summed E-state index contributed by atoms with van der Waals surface area (Å²) in [6, 6.07) is 26.1. The summed E-state index contributed by atoms with van der Waals surface area (Å²) in [5.41, 5.74) is 4.03. The Balaban J connectivity index is 1.65. The maximum absolute atomic E-state index is 5.72. The maximum Gasteiger partial charge on any atom is 0.231 e. The molecule has 2 nitrogen and oxygen atoms in total. The zero-order valence-corrected chi connectivity index (χ0v) is 16.2. The maximum atomic E-state index is 5.72. The quantitative estimate of drug-likeness (QED) is 0.575. The molecule has 1 heterocycles. The summed E-state index contributed by atoms with van der Waals surface area (Å²) in [7, 11) is 0. The van der Waals surface area contributed by atoms with Crippen LogP contribution in [0.4, 0.5) is 0 Å². The number of hydrogen-bond donors (Lipinski definition) is 0. The van der Waals surface area contributed by atoms with Crippen LogP contribution in [-0.4, -0.2) is 12.0 Å². The van der Waals surface area contributed by atoms with Crippen molar-refractivity contribution in [2.45, 2.75) is 35.3 Å². The Hall–Kier alpha value is -2.39. The van der Waals surface area contributed by atoms with Gasteiger partial charge in [-0.1, -0.05) is 55.5 Å². The molecule has 3 aromatic rings. The van der Waals surface area contributed by atoms with Crippen LogP contribution in [0.25, 0.3) is 0 Å². The third-order valence-electron chi connectivity index (χ3n) is 5.87. The summed E-state index contributed by atoms with van der Waals surface area (Å²) in [6.07, 6.45) is 2.20. The van der Waals surface area contributed by atoms with E-state index in [4.69, 9.17) is 9.47 Å². The molecular weight excluding hydrogens is 352 g/mol. The van der Waals surface area contributed by atoms with Crippen molar-refractivity contribution < 1.29 is 9.47 Å². The van der Waals surface area contributed by atoms with Crippen LogP contribution in [0.2, 0.25) is 0 Å². The van der Waals surface area contributed by atoms with Crippen molar-refractivity contribution in [1.82, 2.24) is 0 Å². The standard InChI is InChI=1S/C24H22O2S/c1-24(18-8-4-2-5-9-18)20-15-22-21(25-16-26-22)14-17(20)12-13-23(24)27-19-10-6-3-7-11-19/h2-11,14-15,23H,12-13,16H2,1H3/t23-,24-/m1/s1. The zero-order chi connectivity index (χ0) is 18.3. The molecule has 1 aliphatic heterocycles. The molecule has 0 unspecified atom stereocenters. The molecule has 0 bridgehead atoms. The van der Waals surface area contributed by atoms with Crippen molar-refractivity contribution in [2.24, 2.45) is 0 Å². The molecule has 2 atom stereocenters. The van der Waals surface area contributed by atoms with Gasteiger partial charge in [-0.2, -0.15) is 0 Å². The van der Waals surface area contributed by atoms with E-state index in [1.54, 1.807) is 0 Å². The summed E-state index contributed by atoms with van der Waals surface area (Å²) in [5.74, 6) is 1.76. The summed E-state index contributed by atoms with van der Waals surface area (Å²) in [4.78, 5) is 1.33. The summed E-state index contributed by atoms with van der Waals surface area (Å²) >= 11 is 1.99. The van der Waals surface area contributed by atoms with Crippen LogP contribution in [0.5, 0.6) is 11.5 Å². The molecule has 0 saturated heterocycles. The van der Waals surface area contributed by atoms with E-state index in [-0.39, 0.29) is 5.41 Å². The number of aryl methyl sites for hydroxylation is 1. The molecule has 2 aliphatic rings. The van der Waals surface area contributed by atoms with Crippen molar-refractivity contribution in [3.8, 4) is 11.5 Å². The van der Waals surface area contributed by atoms with Gasteiger partial charge < -0.3 is 9.47 Å². The Bertz CT molecular complexity index is 955. The Morgan fingerprint density at radius 3 is 2.30 bits per heavy atom. The molecule has 0 N–H and O–H groups in total. The molecule has 0 saturated carbocycles. The van der Waals surface area contributed by atoms with Gasteiger partial charge in [-0.05, 0) is 53.8 Å². The monoisotopic (exact) mass is 374 g/mol. The van der Waals surface area contributed by atoms with Crippen molar-refractivity contribution in [3.63, 3.8) is 0 Å². The average molecular weight is 375 g/mol. The number of ether oxygens (including phenoxy) is 2. The van der Waals surface area contributed by atoms with E-state index in [9.17, 15) is 0 Å². The van der Waals surface area contributed by atoms with Crippen molar-refractivity contribution in [1.29, 1.82) is 0 Å². The molecular formula is C24H22O2S. The minimum absolute atomic E-state index is 0.0870. The fourth-order valence-corrected chi connectivity index (χ4v) is 5.77. The Kier molecular flexibility index (Phi) is 4.13. The first-order valence-corrected chi connectivity index (χ1v) is 10.3. The smallest absolute Gasteiger partial charge is 0.231 e. The Morgan fingerprint density at radius 1 is 0.889 bits per heavy atom. The summed E-state index contributed by atoms with van der Waals surface area (Å²) in [6.45, 7) is 2.71. The van der Waals surface area contributed by atoms with E-state index in [1.165, 1.54) is 21.6 Å². The van der Waals surface area contributed by atoms with Gasteiger partial charge in [0.2, 0.25) is 6.79 Å². The van der Waals surface area contributed by atoms with Gasteiger partial charge in [0.1, 0.15) is 0 Å². The van der Waals surface area contributed by atoms with Crippen LogP contribution in [0.3, 0.4) is 0 Å². The van der Waals surface area contributed by atoms with E-state index in [0.29, 0.717) is 12.0 Å². The third kappa shape index (κ3) is 2.81. The molecule has 0 amide bonds. The third-order valence-corrected chi connectivity index (χ3v) is 7.41. The van der Waals surface area contributed by atoms with Gasteiger partial charge in [-0.3, -0.25) is 0 Å². The molecule has 3 aromatic carbocycles. The highest BCUT2D eigenvalue weighted by Gasteiger charge is 2.43. The van der Waals surface area contributed by atoms with Crippen molar-refractivity contribution in [3.05, 3.63) is 89.5 Å². The van der Waals surface area contributed by atoms with Gasteiger partial charge >= 0.3 is 0 Å². The number of benzene rings is 3. The van der Waals surface area contributed by atoms with E-state index < -0.39 is 0 Å². The number of fused-ring (bicyclic) bond motifs is 2. The second-order valence-electron chi connectivity index (χ2n) is 7.39. The van der Waals surface area contributed by atoms with Crippen LogP contribution in [0.1, 0.15) is 30.0 Å². The Morgan fingerprint density at radius 2 is 1.56 bits per heavy atom. The predicted molar refractivity (Wildman–Crippen MR) is 110 cm³/mol. The lowest BCUT2D eigenvalue weighted by Gasteiger charge is -2.43. The van der Waals surface area contributed by atoms with Crippen LogP contribution in [0, 0.1) is 0 Å². The van der Waals surface area contributed by atoms with E-state index in [0.717, 1.165) is 24.3 Å². The van der Waals surface area contributed by atoms with Gasteiger partial charge in [0.05, 0.1) is 0 Å². The zero-order valence-electron chi connectivity index (χ0n) is 15.4. The molecule has 136 valence electrons. The van der Waals surface area contributed by atoms with Gasteiger partial charge in [0, 0.05) is 15.6 Å². The molecule has 0 spiro atoms. The lowest BCUT2D eigenvalue weighted by atomic mass is 9.67. The highest BCUT2D eigenvalue weighted by molar-refractivity contribution is 8.00. The minimum atomic E-state index is -0.0870. The second kappa shape index (κ2) is 6.65. The lowest BCUT2D eigenvalue weighted by molar-refractivity contribution is 0.174. The average Bonchev–Trinajstić information content (AvgIpc) is 3.18. The fourth-order valence-electron chi connectivity index (χ4n) is 4.39. The molecule has 0 aromatic heterocycles. The molecule has 0 radical (unpaired) electrons. The highest BCUT2D eigenvalue weighted by atomic mass is 32.2. The molecule has 3 heteroatoms. The van der Waals surface area contributed by atoms with Crippen LogP contribution < -0.4 is 9.47 Å². The van der Waals surface area contributed by atoms with E-state index in [1.807, 2.05) is 11.8 Å². The number of thioether (sulfide) groups is 1. The summed E-state index contributed by atoms with van der Waals surface area (Å²) < 4.78 is 11.4. The normalized spacial score (nSPS) is 23.1. The van der Waals surface area contributed by atoms with Crippen LogP contribution >= 0.6 is 11.8 Å². The first-order chi connectivity index (χ1) is 13.2. The number of rotatable bonds is 3. The summed E-state index contributed by atoms with van der Waals surface area (Å²) in [5, 5.41) is 0.454. The van der Waals surface area contributed by atoms with Gasteiger partial charge in [-0.15, -0.1) is 11.8 Å². The number of hydrogen-bond acceptors (Lipinski definition) is 3. The van der Waals surface area contributed by atoms with Crippen molar-refractivity contribution >= 4 is 11.8 Å². The SMILES string of the molecule is C[C@@]1(c2ccccc2)c2cc3c(cc2CC[C@H]1Sc1ccccc1)OCO3. The topological polar surface area (TPSA) is 18.5 Å². The van der Waals surface area contributed by atoms with Gasteiger partial charge in [0.15, 0.2) is 11.5 Å². The van der Waals surface area contributed by atoms with Crippen molar-refractivity contribution in [2.75, 3.05) is 6.79 Å². The van der Waals surface area contributed by atoms with E-state index in [2.05, 4.69) is 79.7 Å². The molecule has 1 aliphatic carbocycles. The lowest BCUT2D eigenvalue weighted by Crippen LogP contribution is -2.40. The van der Waals surface area contributed by atoms with Crippen LogP contribution in [0.15, 0.2) is 77.7 Å². The second-order valence-corrected chi connectivity index (χ2v) is 8.67.